The minimum atomic E-state index is -4.46. The molecule has 32 heavy (non-hydrogen) atoms. The van der Waals surface area contributed by atoms with E-state index in [1.54, 1.807) is 19.1 Å². The first-order valence-electron chi connectivity index (χ1n) is 9.49. The fourth-order valence-corrected chi connectivity index (χ4v) is 2.86. The van der Waals surface area contributed by atoms with Crippen LogP contribution in [0.3, 0.4) is 0 Å². The zero-order valence-electron chi connectivity index (χ0n) is 16.8. The van der Waals surface area contributed by atoms with E-state index in [9.17, 15) is 27.6 Å². The highest BCUT2D eigenvalue weighted by atomic mass is 19.4. The number of para-hydroxylation sites is 1. The van der Waals surface area contributed by atoms with Crippen molar-refractivity contribution >= 4 is 17.6 Å². The number of amides is 1. The Morgan fingerprint density at radius 2 is 1.78 bits per heavy atom. The van der Waals surface area contributed by atoms with Gasteiger partial charge in [-0.2, -0.15) is 13.2 Å². The van der Waals surface area contributed by atoms with E-state index in [1.165, 1.54) is 24.3 Å². The number of aromatic nitrogens is 2. The molecule has 3 rings (SSSR count). The summed E-state index contributed by atoms with van der Waals surface area (Å²) in [5.74, 6) is -1.17. The number of carbonyl (C=O) groups excluding carboxylic acids is 2. The lowest BCUT2D eigenvalue weighted by Crippen LogP contribution is -2.28. The van der Waals surface area contributed by atoms with Crippen molar-refractivity contribution in [2.45, 2.75) is 19.6 Å². The number of alkyl halides is 3. The van der Waals surface area contributed by atoms with Crippen LogP contribution in [0.2, 0.25) is 0 Å². The molecule has 10 heteroatoms. The molecule has 0 bridgehead atoms. The summed E-state index contributed by atoms with van der Waals surface area (Å²) >= 11 is 0. The monoisotopic (exact) mass is 445 g/mol. The normalized spacial score (nSPS) is 11.1. The summed E-state index contributed by atoms with van der Waals surface area (Å²) < 4.78 is 44.1. The van der Waals surface area contributed by atoms with Gasteiger partial charge in [0.05, 0.1) is 35.4 Å². The average Bonchev–Trinajstić information content (AvgIpc) is 2.75. The van der Waals surface area contributed by atoms with Crippen LogP contribution in [-0.2, 0) is 22.3 Å². The molecule has 0 saturated heterocycles. The number of anilines is 1. The lowest BCUT2D eigenvalue weighted by atomic mass is 10.1. The van der Waals surface area contributed by atoms with Gasteiger partial charge < -0.3 is 10.1 Å². The first kappa shape index (κ1) is 22.7. The Balaban J connectivity index is 1.74. The van der Waals surface area contributed by atoms with Crippen molar-refractivity contribution in [3.63, 3.8) is 0 Å². The minimum Gasteiger partial charge on any atom is -0.462 e. The molecule has 1 N–H and O–H groups in total. The minimum absolute atomic E-state index is 0.172. The van der Waals surface area contributed by atoms with Crippen molar-refractivity contribution in [1.82, 2.24) is 9.55 Å². The smallest absolute Gasteiger partial charge is 0.416 e. The van der Waals surface area contributed by atoms with Crippen LogP contribution in [0.15, 0.2) is 65.7 Å². The van der Waals surface area contributed by atoms with E-state index in [1.807, 2.05) is 0 Å². The summed E-state index contributed by atoms with van der Waals surface area (Å²) in [7, 11) is 0. The molecule has 0 unspecified atom stereocenters. The predicted octanol–water partition coefficient (Wildman–Crippen LogP) is 3.74. The highest BCUT2D eigenvalue weighted by Crippen LogP contribution is 2.30. The zero-order chi connectivity index (χ0) is 23.3. The molecule has 0 spiro atoms. The third-order valence-corrected chi connectivity index (χ3v) is 4.40. The molecule has 0 saturated carbocycles. The molecule has 0 atom stereocenters. The summed E-state index contributed by atoms with van der Waals surface area (Å²) in [4.78, 5) is 40.8. The Labute approximate surface area is 180 Å². The largest absolute Gasteiger partial charge is 0.462 e. The van der Waals surface area contributed by atoms with Crippen molar-refractivity contribution < 1.29 is 27.5 Å². The molecule has 1 amide bonds. The summed E-state index contributed by atoms with van der Waals surface area (Å²) in [5, 5.41) is 2.56. The zero-order valence-corrected chi connectivity index (χ0v) is 16.8. The number of carbonyl (C=O) groups is 2. The van der Waals surface area contributed by atoms with Crippen LogP contribution in [0.4, 0.5) is 18.9 Å². The van der Waals surface area contributed by atoms with Crippen LogP contribution in [0, 0.1) is 0 Å². The van der Waals surface area contributed by atoms with Gasteiger partial charge in [-0.05, 0) is 31.2 Å². The molecular formula is C22H18F3N3O4. The molecule has 0 aliphatic heterocycles. The number of hydrogen-bond acceptors (Lipinski definition) is 5. The van der Waals surface area contributed by atoms with E-state index in [2.05, 4.69) is 10.3 Å². The van der Waals surface area contributed by atoms with Gasteiger partial charge in [0, 0.05) is 11.6 Å². The van der Waals surface area contributed by atoms with Gasteiger partial charge in [0.25, 0.3) is 5.56 Å². The van der Waals surface area contributed by atoms with Crippen LogP contribution in [-0.4, -0.2) is 28.0 Å². The molecule has 0 radical (unpaired) electrons. The van der Waals surface area contributed by atoms with Crippen molar-refractivity contribution in [3.05, 3.63) is 82.4 Å². The number of nitrogens with one attached hydrogen (secondary N) is 1. The maximum absolute atomic E-state index is 12.7. The molecule has 2 aromatic carbocycles. The molecule has 1 aromatic heterocycles. The Bertz CT molecular complexity index is 1190. The number of esters is 1. The second kappa shape index (κ2) is 9.46. The molecule has 3 aromatic rings. The number of benzene rings is 2. The predicted molar refractivity (Wildman–Crippen MR) is 110 cm³/mol. The Morgan fingerprint density at radius 3 is 2.41 bits per heavy atom. The van der Waals surface area contributed by atoms with Crippen molar-refractivity contribution in [2.75, 3.05) is 11.9 Å². The Morgan fingerprint density at radius 1 is 1.09 bits per heavy atom. The first-order valence-corrected chi connectivity index (χ1v) is 9.49. The highest BCUT2D eigenvalue weighted by molar-refractivity contribution is 6.01. The van der Waals surface area contributed by atoms with E-state index < -0.39 is 29.2 Å². The van der Waals surface area contributed by atoms with E-state index in [4.69, 9.17) is 4.74 Å². The van der Waals surface area contributed by atoms with Gasteiger partial charge in [0.1, 0.15) is 6.54 Å². The summed E-state index contributed by atoms with van der Waals surface area (Å²) in [6.07, 6.45) is -3.33. The van der Waals surface area contributed by atoms with Crippen molar-refractivity contribution in [1.29, 1.82) is 0 Å². The SMILES string of the molecule is CCOC(=O)c1ccccc1NC(=O)Cn1cnc(-c2ccc(C(F)(F)F)cc2)cc1=O. The molecule has 166 valence electrons. The standard InChI is InChI=1S/C22H18F3N3O4/c1-2-32-21(31)16-5-3-4-6-17(16)27-19(29)12-28-13-26-18(11-20(28)30)14-7-9-15(10-8-14)22(23,24)25/h3-11,13H,2,12H2,1H3,(H,27,29). The average molecular weight is 445 g/mol. The molecule has 0 fully saturated rings. The number of rotatable bonds is 6. The second-order valence-electron chi connectivity index (χ2n) is 6.63. The molecule has 0 aliphatic rings. The van der Waals surface area contributed by atoms with Gasteiger partial charge in [0.15, 0.2) is 0 Å². The molecular weight excluding hydrogens is 427 g/mol. The fraction of sp³-hybridized carbons (Fsp3) is 0.182. The fourth-order valence-electron chi connectivity index (χ4n) is 2.86. The highest BCUT2D eigenvalue weighted by Gasteiger charge is 2.30. The van der Waals surface area contributed by atoms with E-state index >= 15 is 0 Å². The van der Waals surface area contributed by atoms with Gasteiger partial charge in [-0.25, -0.2) is 9.78 Å². The molecule has 7 nitrogen and oxygen atoms in total. The Hall–Kier alpha value is -3.95. The molecule has 0 aliphatic carbocycles. The van der Waals surface area contributed by atoms with Crippen LogP contribution >= 0.6 is 0 Å². The summed E-state index contributed by atoms with van der Waals surface area (Å²) in [5.41, 5.74) is -0.467. The van der Waals surface area contributed by atoms with Crippen LogP contribution in [0.1, 0.15) is 22.8 Å². The molecule has 1 heterocycles. The van der Waals surface area contributed by atoms with Crippen molar-refractivity contribution in [3.8, 4) is 11.3 Å². The van der Waals surface area contributed by atoms with E-state index in [-0.39, 0.29) is 30.1 Å². The van der Waals surface area contributed by atoms with E-state index in [0.717, 1.165) is 29.1 Å². The summed E-state index contributed by atoms with van der Waals surface area (Å²) in [6, 6.07) is 11.6. The number of ether oxygens (including phenoxy) is 1. The van der Waals surface area contributed by atoms with Gasteiger partial charge in [-0.3, -0.25) is 14.2 Å². The number of hydrogen-bond donors (Lipinski definition) is 1. The van der Waals surface area contributed by atoms with Crippen LogP contribution < -0.4 is 10.9 Å². The van der Waals surface area contributed by atoms with Gasteiger partial charge in [-0.15, -0.1) is 0 Å². The third kappa shape index (κ3) is 5.39. The van der Waals surface area contributed by atoms with Crippen molar-refractivity contribution in [2.24, 2.45) is 0 Å². The lowest BCUT2D eigenvalue weighted by Gasteiger charge is -2.11. The summed E-state index contributed by atoms with van der Waals surface area (Å²) in [6.45, 7) is 1.45. The van der Waals surface area contributed by atoms with Gasteiger partial charge in [0.2, 0.25) is 5.91 Å². The maximum Gasteiger partial charge on any atom is 0.416 e. The van der Waals surface area contributed by atoms with Crippen LogP contribution in [0.5, 0.6) is 0 Å². The van der Waals surface area contributed by atoms with Crippen LogP contribution in [0.25, 0.3) is 11.3 Å². The van der Waals surface area contributed by atoms with Gasteiger partial charge in [-0.1, -0.05) is 24.3 Å². The quantitative estimate of drug-likeness (QED) is 0.584. The maximum atomic E-state index is 12.7. The number of halogens is 3. The Kier molecular flexibility index (Phi) is 6.72. The first-order chi connectivity index (χ1) is 15.2. The number of nitrogens with zero attached hydrogens (tertiary/aromatic N) is 2. The topological polar surface area (TPSA) is 90.3 Å². The second-order valence-corrected chi connectivity index (χ2v) is 6.63. The van der Waals surface area contributed by atoms with Gasteiger partial charge >= 0.3 is 12.1 Å². The lowest BCUT2D eigenvalue weighted by molar-refractivity contribution is -0.137. The third-order valence-electron chi connectivity index (χ3n) is 4.40. The van der Waals surface area contributed by atoms with E-state index in [0.29, 0.717) is 5.56 Å².